The fourth-order valence-corrected chi connectivity index (χ4v) is 5.37. The minimum atomic E-state index is -3.65. The van der Waals surface area contributed by atoms with E-state index in [1.54, 1.807) is 18.2 Å². The molecule has 0 unspecified atom stereocenters. The van der Waals surface area contributed by atoms with Crippen LogP contribution in [0.3, 0.4) is 0 Å². The van der Waals surface area contributed by atoms with Gasteiger partial charge in [0.2, 0.25) is 15.9 Å². The number of benzene rings is 1. The minimum Gasteiger partial charge on any atom is -0.342 e. The van der Waals surface area contributed by atoms with E-state index in [-0.39, 0.29) is 28.3 Å². The molecule has 3 rings (SSSR count). The average Bonchev–Trinajstić information content (AvgIpc) is 3.09. The highest BCUT2D eigenvalue weighted by molar-refractivity contribution is 7.89. The van der Waals surface area contributed by atoms with Gasteiger partial charge in [-0.25, -0.2) is 8.42 Å². The number of amides is 1. The third-order valence-corrected chi connectivity index (χ3v) is 6.97. The Morgan fingerprint density at radius 3 is 2.48 bits per heavy atom. The van der Waals surface area contributed by atoms with Crippen molar-refractivity contribution in [3.63, 3.8) is 0 Å². The number of likely N-dealkylation sites (tertiary alicyclic amines) is 1. The van der Waals surface area contributed by atoms with E-state index in [9.17, 15) is 13.2 Å². The molecule has 2 fully saturated rings. The van der Waals surface area contributed by atoms with E-state index in [1.807, 2.05) is 4.90 Å². The molecule has 2 saturated heterocycles. The molecule has 0 saturated carbocycles. The number of rotatable bonds is 3. The highest BCUT2D eigenvalue weighted by Gasteiger charge is 2.36. The average molecular weight is 357 g/mol. The molecule has 0 aliphatic carbocycles. The second kappa shape index (κ2) is 6.79. The molecule has 2 aliphatic heterocycles. The Morgan fingerprint density at radius 2 is 1.78 bits per heavy atom. The summed E-state index contributed by atoms with van der Waals surface area (Å²) < 4.78 is 27.0. The Bertz CT molecular complexity index is 686. The lowest BCUT2D eigenvalue weighted by Gasteiger charge is -2.33. The summed E-state index contributed by atoms with van der Waals surface area (Å²) in [5, 5.41) is 0.223. The van der Waals surface area contributed by atoms with Gasteiger partial charge in [0.25, 0.3) is 0 Å². The van der Waals surface area contributed by atoms with Crippen LogP contribution in [0.15, 0.2) is 29.2 Å². The first-order valence-electron chi connectivity index (χ1n) is 8.03. The van der Waals surface area contributed by atoms with Gasteiger partial charge >= 0.3 is 0 Å². The van der Waals surface area contributed by atoms with Crippen LogP contribution in [0.25, 0.3) is 0 Å². The molecule has 0 N–H and O–H groups in total. The zero-order valence-electron chi connectivity index (χ0n) is 12.9. The van der Waals surface area contributed by atoms with Crippen LogP contribution in [0.4, 0.5) is 0 Å². The van der Waals surface area contributed by atoms with Crippen molar-refractivity contribution in [3.05, 3.63) is 29.3 Å². The second-order valence-electron chi connectivity index (χ2n) is 6.17. The molecular formula is C16H21ClN2O3S. The number of sulfonamides is 1. The molecule has 0 spiro atoms. The van der Waals surface area contributed by atoms with E-state index in [1.165, 1.54) is 10.4 Å². The van der Waals surface area contributed by atoms with Gasteiger partial charge in [0.15, 0.2) is 0 Å². The van der Waals surface area contributed by atoms with Crippen LogP contribution in [0, 0.1) is 5.92 Å². The molecule has 0 radical (unpaired) electrons. The Morgan fingerprint density at radius 1 is 1.09 bits per heavy atom. The van der Waals surface area contributed by atoms with Gasteiger partial charge in [0.1, 0.15) is 4.90 Å². The Kier molecular flexibility index (Phi) is 4.94. The van der Waals surface area contributed by atoms with Crippen molar-refractivity contribution in [2.45, 2.75) is 30.6 Å². The maximum atomic E-state index is 12.8. The highest BCUT2D eigenvalue weighted by atomic mass is 35.5. The van der Waals surface area contributed by atoms with Gasteiger partial charge < -0.3 is 4.90 Å². The molecule has 2 aliphatic rings. The Balaban J connectivity index is 1.78. The number of piperidine rings is 1. The predicted octanol–water partition coefficient (Wildman–Crippen LogP) is 2.36. The number of hydrogen-bond donors (Lipinski definition) is 0. The van der Waals surface area contributed by atoms with Crippen molar-refractivity contribution in [2.75, 3.05) is 26.2 Å². The Labute approximate surface area is 142 Å². The molecule has 0 aromatic heterocycles. The zero-order chi connectivity index (χ0) is 16.4. The summed E-state index contributed by atoms with van der Waals surface area (Å²) in [6.45, 7) is 2.29. The molecule has 1 amide bonds. The molecule has 1 aromatic rings. The molecular weight excluding hydrogens is 336 g/mol. The molecule has 1 aromatic carbocycles. The topological polar surface area (TPSA) is 57.7 Å². The number of carbonyl (C=O) groups excluding carboxylic acids is 1. The normalized spacial score (nSPS) is 23.2. The molecule has 5 nitrogen and oxygen atoms in total. The van der Waals surface area contributed by atoms with E-state index in [4.69, 9.17) is 11.6 Å². The second-order valence-corrected chi connectivity index (χ2v) is 8.48. The summed E-state index contributed by atoms with van der Waals surface area (Å²) in [5.74, 6) is -0.138. The van der Waals surface area contributed by atoms with E-state index in [0.717, 1.165) is 32.4 Å². The van der Waals surface area contributed by atoms with Crippen molar-refractivity contribution < 1.29 is 13.2 Å². The summed E-state index contributed by atoms with van der Waals surface area (Å²) in [4.78, 5) is 14.5. The van der Waals surface area contributed by atoms with Gasteiger partial charge in [-0.1, -0.05) is 23.7 Å². The molecule has 2 heterocycles. The van der Waals surface area contributed by atoms with Crippen molar-refractivity contribution >= 4 is 27.5 Å². The SMILES string of the molecule is O=C([C@H]1CCCN(S(=O)(=O)c2ccccc2Cl)C1)N1CCCC1. The van der Waals surface area contributed by atoms with Gasteiger partial charge in [-0.15, -0.1) is 0 Å². The van der Waals surface area contributed by atoms with Gasteiger partial charge in [-0.05, 0) is 37.8 Å². The van der Waals surface area contributed by atoms with Crippen LogP contribution in [-0.4, -0.2) is 49.7 Å². The van der Waals surface area contributed by atoms with E-state index < -0.39 is 10.0 Å². The number of nitrogens with zero attached hydrogens (tertiary/aromatic N) is 2. The standard InChI is InChI=1S/C16H21ClN2O3S/c17-14-7-1-2-8-15(14)23(21,22)19-11-5-6-13(12-19)16(20)18-9-3-4-10-18/h1-2,7-8,13H,3-6,9-12H2/t13-/m0/s1. The zero-order valence-corrected chi connectivity index (χ0v) is 14.5. The van der Waals surface area contributed by atoms with E-state index in [2.05, 4.69) is 0 Å². The van der Waals surface area contributed by atoms with E-state index >= 15 is 0 Å². The summed E-state index contributed by atoms with van der Waals surface area (Å²) in [5.41, 5.74) is 0. The van der Waals surface area contributed by atoms with Gasteiger partial charge in [-0.3, -0.25) is 4.79 Å². The first-order chi connectivity index (χ1) is 11.0. The molecule has 126 valence electrons. The monoisotopic (exact) mass is 356 g/mol. The van der Waals surface area contributed by atoms with Crippen LogP contribution in [0.1, 0.15) is 25.7 Å². The summed E-state index contributed by atoms with van der Waals surface area (Å²) in [6, 6.07) is 6.46. The van der Waals surface area contributed by atoms with Gasteiger partial charge in [0, 0.05) is 26.2 Å². The maximum Gasteiger partial charge on any atom is 0.244 e. The van der Waals surface area contributed by atoms with Crippen molar-refractivity contribution in [2.24, 2.45) is 5.92 Å². The first kappa shape index (κ1) is 16.7. The molecule has 23 heavy (non-hydrogen) atoms. The largest absolute Gasteiger partial charge is 0.342 e. The third-order valence-electron chi connectivity index (χ3n) is 4.61. The van der Waals surface area contributed by atoms with Crippen LogP contribution < -0.4 is 0 Å². The van der Waals surface area contributed by atoms with Crippen molar-refractivity contribution in [1.29, 1.82) is 0 Å². The van der Waals surface area contributed by atoms with E-state index in [0.29, 0.717) is 13.0 Å². The smallest absolute Gasteiger partial charge is 0.244 e. The lowest BCUT2D eigenvalue weighted by molar-refractivity contribution is -0.135. The van der Waals surface area contributed by atoms with Crippen LogP contribution in [-0.2, 0) is 14.8 Å². The van der Waals surface area contributed by atoms with Gasteiger partial charge in [0.05, 0.1) is 10.9 Å². The molecule has 7 heteroatoms. The van der Waals surface area contributed by atoms with Crippen molar-refractivity contribution in [1.82, 2.24) is 9.21 Å². The predicted molar refractivity (Wildman–Crippen MR) is 88.7 cm³/mol. The summed E-state index contributed by atoms with van der Waals surface area (Å²) >= 11 is 6.05. The fraction of sp³-hybridized carbons (Fsp3) is 0.562. The summed E-state index contributed by atoms with van der Waals surface area (Å²) in [6.07, 6.45) is 3.54. The lowest BCUT2D eigenvalue weighted by Crippen LogP contribution is -2.46. The third kappa shape index (κ3) is 3.39. The highest BCUT2D eigenvalue weighted by Crippen LogP contribution is 2.29. The molecule has 1 atom stereocenters. The van der Waals surface area contributed by atoms with Crippen LogP contribution in [0.5, 0.6) is 0 Å². The molecule has 0 bridgehead atoms. The van der Waals surface area contributed by atoms with Gasteiger partial charge in [-0.2, -0.15) is 4.31 Å². The maximum absolute atomic E-state index is 12.8. The lowest BCUT2D eigenvalue weighted by atomic mass is 9.98. The fourth-order valence-electron chi connectivity index (χ4n) is 3.35. The number of hydrogen-bond acceptors (Lipinski definition) is 3. The quantitative estimate of drug-likeness (QED) is 0.835. The van der Waals surface area contributed by atoms with Crippen LogP contribution in [0.2, 0.25) is 5.02 Å². The number of carbonyl (C=O) groups is 1. The Hall–Kier alpha value is -1.11. The van der Waals surface area contributed by atoms with Crippen LogP contribution >= 0.6 is 11.6 Å². The minimum absolute atomic E-state index is 0.0987. The number of halogens is 1. The summed E-state index contributed by atoms with van der Waals surface area (Å²) in [7, 11) is -3.65. The van der Waals surface area contributed by atoms with Crippen molar-refractivity contribution in [3.8, 4) is 0 Å². The first-order valence-corrected chi connectivity index (χ1v) is 9.85.